The van der Waals surface area contributed by atoms with Crippen molar-refractivity contribution in [2.45, 2.75) is 18.9 Å². The number of hydrogen-bond donors (Lipinski definition) is 2. The molecule has 0 radical (unpaired) electrons. The smallest absolute Gasteiger partial charge is 0.317 e. The molecule has 0 spiro atoms. The van der Waals surface area contributed by atoms with Crippen molar-refractivity contribution >= 4 is 12.0 Å². The lowest BCUT2D eigenvalue weighted by Crippen LogP contribution is -2.60. The summed E-state index contributed by atoms with van der Waals surface area (Å²) in [5.41, 5.74) is 0. The predicted octanol–water partition coefficient (Wildman–Crippen LogP) is -0.508. The minimum absolute atomic E-state index is 0.0173. The number of carboxylic acids is 1. The Morgan fingerprint density at radius 2 is 1.71 bits per heavy atom. The van der Waals surface area contributed by atoms with Crippen LogP contribution in [0.1, 0.15) is 12.8 Å². The van der Waals surface area contributed by atoms with Crippen LogP contribution in [-0.2, 0) is 4.79 Å². The molecule has 0 aromatic heterocycles. The van der Waals surface area contributed by atoms with Crippen LogP contribution in [0.25, 0.3) is 0 Å². The van der Waals surface area contributed by atoms with E-state index in [0.717, 1.165) is 6.54 Å². The van der Waals surface area contributed by atoms with Gasteiger partial charge in [-0.15, -0.1) is 0 Å². The number of amides is 2. The number of carbonyl (C=O) groups excluding carboxylic acids is 1. The van der Waals surface area contributed by atoms with E-state index in [1.807, 2.05) is 9.80 Å². The third-order valence-electron chi connectivity index (χ3n) is 4.98. The number of aliphatic carboxylic acids is 1. The Balaban J connectivity index is 1.45. The normalized spacial score (nSPS) is 33.0. The van der Waals surface area contributed by atoms with Gasteiger partial charge in [-0.3, -0.25) is 9.69 Å². The molecule has 21 heavy (non-hydrogen) atoms. The van der Waals surface area contributed by atoms with Gasteiger partial charge >= 0.3 is 12.0 Å². The zero-order valence-electron chi connectivity index (χ0n) is 12.3. The van der Waals surface area contributed by atoms with Gasteiger partial charge in [0.05, 0.1) is 6.54 Å². The van der Waals surface area contributed by atoms with E-state index in [1.165, 1.54) is 25.9 Å². The summed E-state index contributed by atoms with van der Waals surface area (Å²) in [4.78, 5) is 29.1. The van der Waals surface area contributed by atoms with E-state index in [-0.39, 0.29) is 18.6 Å². The van der Waals surface area contributed by atoms with E-state index >= 15 is 0 Å². The fourth-order valence-electron chi connectivity index (χ4n) is 3.68. The van der Waals surface area contributed by atoms with Crippen molar-refractivity contribution in [2.24, 2.45) is 5.92 Å². The lowest BCUT2D eigenvalue weighted by atomic mass is 9.84. The zero-order valence-corrected chi connectivity index (χ0v) is 12.3. The predicted molar refractivity (Wildman–Crippen MR) is 77.1 cm³/mol. The van der Waals surface area contributed by atoms with E-state index in [1.54, 1.807) is 0 Å². The molecule has 2 amide bonds. The molecule has 4 saturated heterocycles. The summed E-state index contributed by atoms with van der Waals surface area (Å²) < 4.78 is 0. The Labute approximate surface area is 124 Å². The van der Waals surface area contributed by atoms with Crippen LogP contribution < -0.4 is 5.32 Å². The second kappa shape index (κ2) is 6.19. The van der Waals surface area contributed by atoms with E-state index in [4.69, 9.17) is 5.11 Å². The van der Waals surface area contributed by atoms with Crippen LogP contribution >= 0.6 is 0 Å². The Kier molecular flexibility index (Phi) is 4.30. The molecule has 118 valence electrons. The Bertz CT molecular complexity index is 401. The van der Waals surface area contributed by atoms with Crippen LogP contribution in [0, 0.1) is 5.92 Å². The number of rotatable bonds is 3. The zero-order chi connectivity index (χ0) is 14.8. The first-order valence-corrected chi connectivity index (χ1v) is 7.84. The van der Waals surface area contributed by atoms with Crippen molar-refractivity contribution in [3.8, 4) is 0 Å². The van der Waals surface area contributed by atoms with Gasteiger partial charge in [0.1, 0.15) is 0 Å². The standard InChI is InChI=1S/C14H24N4O3/c19-13(20)10-17-5-7-18(8-6-17)14(21)15-12-9-16-3-1-11(12)2-4-16/h11-12H,1-10H2,(H,15,21)(H,19,20). The number of piperidine rings is 3. The fraction of sp³-hybridized carbons (Fsp3) is 0.857. The number of nitrogens with zero attached hydrogens (tertiary/aromatic N) is 3. The summed E-state index contributed by atoms with van der Waals surface area (Å²) in [6.07, 6.45) is 2.38. The van der Waals surface area contributed by atoms with E-state index in [2.05, 4.69) is 10.2 Å². The van der Waals surface area contributed by atoms with Crippen LogP contribution in [0.2, 0.25) is 0 Å². The SMILES string of the molecule is O=C(O)CN1CCN(C(=O)NC2CN3CCC2CC3)CC1. The van der Waals surface area contributed by atoms with Crippen LogP contribution in [0.3, 0.4) is 0 Å². The number of fused-ring (bicyclic) bond motifs is 3. The maximum absolute atomic E-state index is 12.3. The molecule has 1 unspecified atom stereocenters. The van der Waals surface area contributed by atoms with Crippen LogP contribution in [0.15, 0.2) is 0 Å². The second-order valence-corrected chi connectivity index (χ2v) is 6.35. The molecular weight excluding hydrogens is 272 g/mol. The van der Waals surface area contributed by atoms with Crippen molar-refractivity contribution < 1.29 is 14.7 Å². The molecular formula is C14H24N4O3. The lowest BCUT2D eigenvalue weighted by Gasteiger charge is -2.45. The maximum Gasteiger partial charge on any atom is 0.317 e. The molecule has 0 aromatic rings. The topological polar surface area (TPSA) is 76.1 Å². The Morgan fingerprint density at radius 3 is 2.24 bits per heavy atom. The average molecular weight is 296 g/mol. The molecule has 0 saturated carbocycles. The third-order valence-corrected chi connectivity index (χ3v) is 4.98. The summed E-state index contributed by atoms with van der Waals surface area (Å²) >= 11 is 0. The number of piperazine rings is 1. The van der Waals surface area contributed by atoms with Gasteiger partial charge in [0, 0.05) is 38.8 Å². The number of carbonyl (C=O) groups is 2. The van der Waals surface area contributed by atoms with Crippen molar-refractivity contribution in [1.82, 2.24) is 20.0 Å². The molecule has 0 aromatic carbocycles. The molecule has 4 aliphatic heterocycles. The van der Waals surface area contributed by atoms with Gasteiger partial charge in [0.2, 0.25) is 0 Å². The summed E-state index contributed by atoms with van der Waals surface area (Å²) in [7, 11) is 0. The molecule has 0 aliphatic carbocycles. The quantitative estimate of drug-likeness (QED) is 0.734. The highest BCUT2D eigenvalue weighted by Gasteiger charge is 2.35. The molecule has 4 heterocycles. The first kappa shape index (κ1) is 14.6. The number of urea groups is 1. The minimum Gasteiger partial charge on any atom is -0.480 e. The number of hydrogen-bond acceptors (Lipinski definition) is 4. The molecule has 4 aliphatic rings. The summed E-state index contributed by atoms with van der Waals surface area (Å²) in [5, 5.41) is 12.0. The molecule has 7 nitrogen and oxygen atoms in total. The molecule has 1 atom stereocenters. The van der Waals surface area contributed by atoms with Gasteiger partial charge in [-0.2, -0.15) is 0 Å². The maximum atomic E-state index is 12.3. The summed E-state index contributed by atoms with van der Waals surface area (Å²) in [6.45, 7) is 5.89. The van der Waals surface area contributed by atoms with Gasteiger partial charge in [0.25, 0.3) is 0 Å². The van der Waals surface area contributed by atoms with Gasteiger partial charge in [-0.05, 0) is 31.8 Å². The van der Waals surface area contributed by atoms with E-state index < -0.39 is 5.97 Å². The third kappa shape index (κ3) is 3.47. The fourth-order valence-corrected chi connectivity index (χ4v) is 3.68. The van der Waals surface area contributed by atoms with Crippen molar-refractivity contribution in [3.05, 3.63) is 0 Å². The summed E-state index contributed by atoms with van der Waals surface area (Å²) in [6, 6.07) is 0.306. The van der Waals surface area contributed by atoms with Crippen LogP contribution in [0.4, 0.5) is 4.79 Å². The van der Waals surface area contributed by atoms with Gasteiger partial charge in [-0.1, -0.05) is 0 Å². The molecule has 4 rings (SSSR count). The molecule has 4 fully saturated rings. The Morgan fingerprint density at radius 1 is 1.05 bits per heavy atom. The van der Waals surface area contributed by atoms with Gasteiger partial charge in [0.15, 0.2) is 0 Å². The molecule has 2 N–H and O–H groups in total. The second-order valence-electron chi connectivity index (χ2n) is 6.35. The Hall–Kier alpha value is -1.34. The molecule has 7 heteroatoms. The minimum atomic E-state index is -0.805. The highest BCUT2D eigenvalue weighted by atomic mass is 16.4. The lowest BCUT2D eigenvalue weighted by molar-refractivity contribution is -0.138. The highest BCUT2D eigenvalue weighted by molar-refractivity contribution is 5.75. The van der Waals surface area contributed by atoms with Crippen LogP contribution in [-0.4, -0.2) is 90.2 Å². The van der Waals surface area contributed by atoms with Gasteiger partial charge in [-0.25, -0.2) is 4.79 Å². The number of nitrogens with one attached hydrogen (secondary N) is 1. The first-order valence-electron chi connectivity index (χ1n) is 7.84. The largest absolute Gasteiger partial charge is 0.480 e. The van der Waals surface area contributed by atoms with Gasteiger partial charge < -0.3 is 20.2 Å². The average Bonchev–Trinajstić information content (AvgIpc) is 2.48. The van der Waals surface area contributed by atoms with Crippen LogP contribution in [0.5, 0.6) is 0 Å². The van der Waals surface area contributed by atoms with Crippen molar-refractivity contribution in [3.63, 3.8) is 0 Å². The van der Waals surface area contributed by atoms with E-state index in [9.17, 15) is 9.59 Å². The van der Waals surface area contributed by atoms with E-state index in [0.29, 0.717) is 32.1 Å². The monoisotopic (exact) mass is 296 g/mol. The first-order chi connectivity index (χ1) is 10.1. The molecule has 2 bridgehead atoms. The van der Waals surface area contributed by atoms with Crippen molar-refractivity contribution in [2.75, 3.05) is 52.4 Å². The summed E-state index contributed by atoms with van der Waals surface area (Å²) in [5.74, 6) is -0.174. The number of carboxylic acid groups (broad SMARTS) is 1. The highest BCUT2D eigenvalue weighted by Crippen LogP contribution is 2.27. The van der Waals surface area contributed by atoms with Crippen molar-refractivity contribution in [1.29, 1.82) is 0 Å².